The van der Waals surface area contributed by atoms with Crippen LogP contribution in [0.3, 0.4) is 0 Å². The van der Waals surface area contributed by atoms with Crippen molar-refractivity contribution in [2.75, 3.05) is 20.1 Å². The molecule has 2 aliphatic heterocycles. The fourth-order valence-electron chi connectivity index (χ4n) is 4.25. The predicted octanol–water partition coefficient (Wildman–Crippen LogP) is 3.68. The third-order valence-electron chi connectivity index (χ3n) is 5.92. The number of alkyl halides is 3. The highest BCUT2D eigenvalue weighted by atomic mass is 19.4. The summed E-state index contributed by atoms with van der Waals surface area (Å²) in [5, 5.41) is 2.00. The summed E-state index contributed by atoms with van der Waals surface area (Å²) in [5.74, 6) is 0.187. The van der Waals surface area contributed by atoms with Crippen LogP contribution in [0.4, 0.5) is 13.2 Å². The lowest BCUT2D eigenvalue weighted by atomic mass is 9.93. The second kappa shape index (κ2) is 8.05. The largest absolute Gasteiger partial charge is 0.416 e. The molecule has 9 heteroatoms. The van der Waals surface area contributed by atoms with Gasteiger partial charge in [-0.25, -0.2) is 20.4 Å². The van der Waals surface area contributed by atoms with Gasteiger partial charge >= 0.3 is 6.18 Å². The summed E-state index contributed by atoms with van der Waals surface area (Å²) in [6.07, 6.45) is -1.65. The summed E-state index contributed by atoms with van der Waals surface area (Å²) in [7, 11) is 1.96. The topological polar surface area (TPSA) is 61.4 Å². The maximum absolute atomic E-state index is 13.0. The van der Waals surface area contributed by atoms with Crippen molar-refractivity contribution in [1.29, 1.82) is 0 Å². The average molecular weight is 431 g/mol. The Labute approximate surface area is 178 Å². The Hall–Kier alpha value is -2.78. The summed E-state index contributed by atoms with van der Waals surface area (Å²) < 4.78 is 38.9. The quantitative estimate of drug-likeness (QED) is 0.752. The predicted molar refractivity (Wildman–Crippen MR) is 110 cm³/mol. The van der Waals surface area contributed by atoms with Gasteiger partial charge in [-0.05, 0) is 38.0 Å². The van der Waals surface area contributed by atoms with Crippen LogP contribution in [0, 0.1) is 0 Å². The fourth-order valence-corrected chi connectivity index (χ4v) is 4.25. The number of benzene rings is 1. The first-order valence-corrected chi connectivity index (χ1v) is 10.2. The minimum Gasteiger partial charge on any atom is -0.331 e. The van der Waals surface area contributed by atoms with E-state index in [1.54, 1.807) is 4.90 Å². The van der Waals surface area contributed by atoms with Crippen LogP contribution in [0.1, 0.15) is 47.9 Å². The summed E-state index contributed by atoms with van der Waals surface area (Å²) in [4.78, 5) is 23.5. The zero-order valence-electron chi connectivity index (χ0n) is 17.4. The molecule has 1 aromatic carbocycles. The molecule has 31 heavy (non-hydrogen) atoms. The first kappa shape index (κ1) is 21.5. The highest BCUT2D eigenvalue weighted by Crippen LogP contribution is 2.36. The normalized spacial score (nSPS) is 21.8. The van der Waals surface area contributed by atoms with Crippen LogP contribution in [0.25, 0.3) is 11.4 Å². The van der Waals surface area contributed by atoms with Gasteiger partial charge < -0.3 is 4.90 Å². The summed E-state index contributed by atoms with van der Waals surface area (Å²) in [6.45, 7) is 6.88. The van der Waals surface area contributed by atoms with Gasteiger partial charge in [-0.1, -0.05) is 18.7 Å². The van der Waals surface area contributed by atoms with Gasteiger partial charge in [0.1, 0.15) is 0 Å². The van der Waals surface area contributed by atoms with E-state index in [1.807, 2.05) is 19.0 Å². The monoisotopic (exact) mass is 431 g/mol. The molecule has 0 bridgehead atoms. The first-order chi connectivity index (χ1) is 14.7. The minimum atomic E-state index is -4.40. The van der Waals surface area contributed by atoms with Gasteiger partial charge in [-0.15, -0.1) is 0 Å². The molecule has 0 radical (unpaired) electrons. The zero-order valence-corrected chi connectivity index (χ0v) is 17.4. The zero-order chi connectivity index (χ0) is 22.3. The number of aromatic nitrogens is 2. The Morgan fingerprint density at radius 2 is 1.87 bits per heavy atom. The van der Waals surface area contributed by atoms with Gasteiger partial charge in [0.15, 0.2) is 5.82 Å². The Morgan fingerprint density at radius 1 is 1.19 bits per heavy atom. The van der Waals surface area contributed by atoms with Crippen molar-refractivity contribution in [2.45, 2.75) is 38.0 Å². The number of halogens is 3. The minimum absolute atomic E-state index is 0.0104. The molecule has 2 aliphatic rings. The molecule has 1 saturated heterocycles. The van der Waals surface area contributed by atoms with Gasteiger partial charge in [0.05, 0.1) is 29.0 Å². The van der Waals surface area contributed by atoms with Crippen LogP contribution < -0.4 is 5.43 Å². The summed E-state index contributed by atoms with van der Waals surface area (Å²) in [5.41, 5.74) is 5.76. The van der Waals surface area contributed by atoms with Crippen LogP contribution in [0.2, 0.25) is 0 Å². The van der Waals surface area contributed by atoms with Crippen molar-refractivity contribution in [1.82, 2.24) is 25.3 Å². The van der Waals surface area contributed by atoms with E-state index >= 15 is 0 Å². The maximum atomic E-state index is 13.0. The number of fused-ring (bicyclic) bond motifs is 1. The van der Waals surface area contributed by atoms with E-state index in [-0.39, 0.29) is 18.0 Å². The standard InChI is InChI=1S/C22H24F3N5O/c1-4-18(31)30-12-9-16-19(13(30)2)26-21(27-20(16)17-10-11-29(3)28-17)14-5-7-15(8-6-14)22(23,24)25/h4-8,13,17,28H,1,9-12H2,2-3H3. The third kappa shape index (κ3) is 4.07. The Balaban J connectivity index is 1.80. The molecule has 1 N–H and O–H groups in total. The molecule has 1 fully saturated rings. The van der Waals surface area contributed by atoms with Crippen molar-refractivity contribution >= 4 is 5.91 Å². The second-order valence-electron chi connectivity index (χ2n) is 7.93. The molecule has 1 amide bonds. The van der Waals surface area contributed by atoms with E-state index < -0.39 is 11.7 Å². The molecule has 0 aliphatic carbocycles. The van der Waals surface area contributed by atoms with Crippen molar-refractivity contribution in [3.05, 3.63) is 59.4 Å². The Bertz CT molecular complexity index is 1010. The van der Waals surface area contributed by atoms with Gasteiger partial charge in [0, 0.05) is 31.3 Å². The SMILES string of the molecule is C=CC(=O)N1CCc2c(C3CCN(C)N3)nc(-c3ccc(C(F)(F)F)cc3)nc2C1C. The second-order valence-corrected chi connectivity index (χ2v) is 7.93. The van der Waals surface area contributed by atoms with E-state index in [1.165, 1.54) is 18.2 Å². The number of nitrogens with one attached hydrogen (secondary N) is 1. The van der Waals surface area contributed by atoms with Crippen LogP contribution >= 0.6 is 0 Å². The molecule has 1 aromatic heterocycles. The molecule has 2 unspecified atom stereocenters. The Morgan fingerprint density at radius 3 is 2.45 bits per heavy atom. The number of hydrogen-bond acceptors (Lipinski definition) is 5. The molecule has 2 atom stereocenters. The summed E-state index contributed by atoms with van der Waals surface area (Å²) >= 11 is 0. The van der Waals surface area contributed by atoms with Gasteiger partial charge in [0.25, 0.3) is 0 Å². The van der Waals surface area contributed by atoms with E-state index in [2.05, 4.69) is 12.0 Å². The number of rotatable bonds is 3. The Kier molecular flexibility index (Phi) is 5.57. The molecule has 2 aromatic rings. The van der Waals surface area contributed by atoms with Crippen molar-refractivity contribution in [3.8, 4) is 11.4 Å². The molecule has 6 nitrogen and oxygen atoms in total. The van der Waals surface area contributed by atoms with E-state index in [0.717, 1.165) is 42.0 Å². The van der Waals surface area contributed by atoms with Crippen LogP contribution in [-0.4, -0.2) is 45.9 Å². The van der Waals surface area contributed by atoms with Crippen LogP contribution in [0.5, 0.6) is 0 Å². The fraction of sp³-hybridized carbons (Fsp3) is 0.409. The van der Waals surface area contributed by atoms with Crippen molar-refractivity contribution in [3.63, 3.8) is 0 Å². The lowest BCUT2D eigenvalue weighted by Crippen LogP contribution is -2.39. The van der Waals surface area contributed by atoms with Gasteiger partial charge in [0.2, 0.25) is 5.91 Å². The lowest BCUT2D eigenvalue weighted by molar-refractivity contribution is -0.137. The van der Waals surface area contributed by atoms with Gasteiger partial charge in [-0.2, -0.15) is 13.2 Å². The molecule has 164 valence electrons. The maximum Gasteiger partial charge on any atom is 0.416 e. The third-order valence-corrected chi connectivity index (χ3v) is 5.92. The summed E-state index contributed by atoms with van der Waals surface area (Å²) in [6, 6.07) is 4.56. The molecular formula is C22H24F3N5O. The van der Waals surface area contributed by atoms with Crippen LogP contribution in [-0.2, 0) is 17.4 Å². The van der Waals surface area contributed by atoms with E-state index in [4.69, 9.17) is 9.97 Å². The van der Waals surface area contributed by atoms with E-state index in [0.29, 0.717) is 24.4 Å². The van der Waals surface area contributed by atoms with Crippen molar-refractivity contribution < 1.29 is 18.0 Å². The number of hydrogen-bond donors (Lipinski definition) is 1. The first-order valence-electron chi connectivity index (χ1n) is 10.2. The number of carbonyl (C=O) groups excluding carboxylic acids is 1. The number of carbonyl (C=O) groups is 1. The molecule has 3 heterocycles. The molecular weight excluding hydrogens is 407 g/mol. The average Bonchev–Trinajstić information content (AvgIpc) is 3.18. The number of hydrazine groups is 1. The highest BCUT2D eigenvalue weighted by Gasteiger charge is 2.34. The molecule has 4 rings (SSSR count). The lowest BCUT2D eigenvalue weighted by Gasteiger charge is -2.35. The number of nitrogens with zero attached hydrogens (tertiary/aromatic N) is 4. The molecule has 0 saturated carbocycles. The van der Waals surface area contributed by atoms with E-state index in [9.17, 15) is 18.0 Å². The number of amides is 1. The highest BCUT2D eigenvalue weighted by molar-refractivity contribution is 5.87. The molecule has 0 spiro atoms. The van der Waals surface area contributed by atoms with Gasteiger partial charge in [-0.3, -0.25) is 4.79 Å². The van der Waals surface area contributed by atoms with Crippen LogP contribution in [0.15, 0.2) is 36.9 Å². The smallest absolute Gasteiger partial charge is 0.331 e. The van der Waals surface area contributed by atoms with Crippen molar-refractivity contribution in [2.24, 2.45) is 0 Å².